The fraction of sp³-hybridized carbons (Fsp3) is 0.444. The quantitative estimate of drug-likeness (QED) is 0.818. The van der Waals surface area contributed by atoms with Gasteiger partial charge in [-0.3, -0.25) is 4.79 Å². The van der Waals surface area contributed by atoms with Gasteiger partial charge in [0.25, 0.3) is 5.91 Å². The molecule has 1 aliphatic heterocycles. The lowest BCUT2D eigenvalue weighted by atomic mass is 10.2. The molecule has 0 radical (unpaired) electrons. The molecule has 3 rings (SSSR count). The highest BCUT2D eigenvalue weighted by atomic mass is 32.2. The minimum atomic E-state index is -3.53. The number of sulfonamides is 1. The van der Waals surface area contributed by atoms with Crippen LogP contribution in [-0.4, -0.2) is 43.2 Å². The SMILES string of the molecule is Cc1nc(CCNC(=O)c2cccc(S(=O)(=O)N3CCCCC3)c2)cs1. The van der Waals surface area contributed by atoms with Crippen LogP contribution in [0.25, 0.3) is 0 Å². The predicted octanol–water partition coefficient (Wildman–Crippen LogP) is 2.60. The number of nitrogens with zero attached hydrogens (tertiary/aromatic N) is 2. The summed E-state index contributed by atoms with van der Waals surface area (Å²) < 4.78 is 27.0. The van der Waals surface area contributed by atoms with E-state index in [4.69, 9.17) is 0 Å². The zero-order chi connectivity index (χ0) is 18.6. The van der Waals surface area contributed by atoms with Crippen LogP contribution >= 0.6 is 11.3 Å². The van der Waals surface area contributed by atoms with Gasteiger partial charge >= 0.3 is 0 Å². The van der Waals surface area contributed by atoms with E-state index in [9.17, 15) is 13.2 Å². The van der Waals surface area contributed by atoms with Crippen LogP contribution in [-0.2, 0) is 16.4 Å². The molecule has 0 bridgehead atoms. The second-order valence-electron chi connectivity index (χ2n) is 6.36. The maximum Gasteiger partial charge on any atom is 0.251 e. The zero-order valence-corrected chi connectivity index (χ0v) is 16.4. The van der Waals surface area contributed by atoms with Gasteiger partial charge in [0, 0.05) is 37.0 Å². The number of aryl methyl sites for hydroxylation is 1. The average molecular weight is 394 g/mol. The molecule has 0 saturated carbocycles. The Morgan fingerprint density at radius 1 is 1.27 bits per heavy atom. The fourth-order valence-electron chi connectivity index (χ4n) is 2.98. The van der Waals surface area contributed by atoms with Crippen LogP contribution in [0.1, 0.15) is 40.3 Å². The highest BCUT2D eigenvalue weighted by Gasteiger charge is 2.26. The number of amides is 1. The van der Waals surface area contributed by atoms with E-state index in [2.05, 4.69) is 10.3 Å². The number of nitrogens with one attached hydrogen (secondary N) is 1. The molecular weight excluding hydrogens is 370 g/mol. The van der Waals surface area contributed by atoms with E-state index in [1.807, 2.05) is 12.3 Å². The highest BCUT2D eigenvalue weighted by Crippen LogP contribution is 2.21. The smallest absolute Gasteiger partial charge is 0.251 e. The monoisotopic (exact) mass is 393 g/mol. The molecule has 2 heterocycles. The van der Waals surface area contributed by atoms with Crippen molar-refractivity contribution in [3.05, 3.63) is 45.9 Å². The second kappa shape index (κ2) is 8.28. The first-order valence-electron chi connectivity index (χ1n) is 8.76. The standard InChI is InChI=1S/C18H23N3O3S2/c1-14-20-16(13-25-14)8-9-19-18(22)15-6-5-7-17(12-15)26(23,24)21-10-3-2-4-11-21/h5-7,12-13H,2-4,8-11H2,1H3,(H,19,22). The van der Waals surface area contributed by atoms with Gasteiger partial charge in [-0.2, -0.15) is 4.31 Å². The van der Waals surface area contributed by atoms with Crippen molar-refractivity contribution in [3.63, 3.8) is 0 Å². The molecule has 0 aliphatic carbocycles. The van der Waals surface area contributed by atoms with Crippen molar-refractivity contribution in [2.75, 3.05) is 19.6 Å². The van der Waals surface area contributed by atoms with Gasteiger partial charge in [0.15, 0.2) is 0 Å². The molecular formula is C18H23N3O3S2. The predicted molar refractivity (Wildman–Crippen MR) is 102 cm³/mol. The molecule has 0 unspecified atom stereocenters. The Bertz CT molecular complexity index is 871. The summed E-state index contributed by atoms with van der Waals surface area (Å²) in [6.07, 6.45) is 3.49. The minimum absolute atomic E-state index is 0.183. The highest BCUT2D eigenvalue weighted by molar-refractivity contribution is 7.89. The Labute approximate surface area is 158 Å². The summed E-state index contributed by atoms with van der Waals surface area (Å²) in [5.74, 6) is -0.271. The van der Waals surface area contributed by atoms with Crippen molar-refractivity contribution < 1.29 is 13.2 Å². The van der Waals surface area contributed by atoms with E-state index >= 15 is 0 Å². The van der Waals surface area contributed by atoms with Crippen molar-refractivity contribution in [1.82, 2.24) is 14.6 Å². The third kappa shape index (κ3) is 4.49. The summed E-state index contributed by atoms with van der Waals surface area (Å²) in [6, 6.07) is 6.28. The first-order valence-corrected chi connectivity index (χ1v) is 11.1. The third-order valence-electron chi connectivity index (χ3n) is 4.38. The number of aromatic nitrogens is 1. The molecule has 8 heteroatoms. The van der Waals surface area contributed by atoms with E-state index in [0.29, 0.717) is 31.6 Å². The van der Waals surface area contributed by atoms with Gasteiger partial charge in [-0.05, 0) is 38.0 Å². The van der Waals surface area contributed by atoms with E-state index < -0.39 is 10.0 Å². The molecule has 1 aromatic carbocycles. The van der Waals surface area contributed by atoms with Gasteiger partial charge < -0.3 is 5.32 Å². The first kappa shape index (κ1) is 19.0. The van der Waals surface area contributed by atoms with Crippen molar-refractivity contribution in [2.24, 2.45) is 0 Å². The Morgan fingerprint density at radius 2 is 2.04 bits per heavy atom. The second-order valence-corrected chi connectivity index (χ2v) is 9.36. The summed E-state index contributed by atoms with van der Waals surface area (Å²) in [5.41, 5.74) is 1.31. The molecule has 2 aromatic rings. The summed E-state index contributed by atoms with van der Waals surface area (Å²) in [7, 11) is -3.53. The minimum Gasteiger partial charge on any atom is -0.352 e. The average Bonchev–Trinajstić information content (AvgIpc) is 3.07. The lowest BCUT2D eigenvalue weighted by Crippen LogP contribution is -2.35. The number of rotatable bonds is 6. The number of carbonyl (C=O) groups excluding carboxylic acids is 1. The van der Waals surface area contributed by atoms with Crippen LogP contribution < -0.4 is 5.32 Å². The molecule has 6 nitrogen and oxygen atoms in total. The van der Waals surface area contributed by atoms with Crippen LogP contribution in [0.5, 0.6) is 0 Å². The molecule has 1 N–H and O–H groups in total. The van der Waals surface area contributed by atoms with Gasteiger partial charge in [-0.1, -0.05) is 12.5 Å². The van der Waals surface area contributed by atoms with Crippen molar-refractivity contribution in [1.29, 1.82) is 0 Å². The van der Waals surface area contributed by atoms with E-state index in [1.165, 1.54) is 10.4 Å². The Kier molecular flexibility index (Phi) is 6.05. The number of hydrogen-bond donors (Lipinski definition) is 1. The normalized spacial score (nSPS) is 15.7. The molecule has 0 atom stereocenters. The molecule has 1 amide bonds. The summed E-state index contributed by atoms with van der Waals surface area (Å²) in [6.45, 7) is 3.50. The molecule has 1 saturated heterocycles. The van der Waals surface area contributed by atoms with Crippen molar-refractivity contribution in [2.45, 2.75) is 37.5 Å². The number of hydrogen-bond acceptors (Lipinski definition) is 5. The van der Waals surface area contributed by atoms with E-state index in [-0.39, 0.29) is 10.8 Å². The van der Waals surface area contributed by atoms with Crippen LogP contribution in [0.4, 0.5) is 0 Å². The number of benzene rings is 1. The largest absolute Gasteiger partial charge is 0.352 e. The van der Waals surface area contributed by atoms with E-state index in [1.54, 1.807) is 29.5 Å². The maximum atomic E-state index is 12.8. The Morgan fingerprint density at radius 3 is 2.73 bits per heavy atom. The molecule has 1 fully saturated rings. The van der Waals surface area contributed by atoms with Crippen molar-refractivity contribution in [3.8, 4) is 0 Å². The molecule has 140 valence electrons. The summed E-state index contributed by atoms with van der Waals surface area (Å²) >= 11 is 1.58. The van der Waals surface area contributed by atoms with Gasteiger partial charge in [0.05, 0.1) is 15.6 Å². The fourth-order valence-corrected chi connectivity index (χ4v) is 5.19. The van der Waals surface area contributed by atoms with Crippen molar-refractivity contribution >= 4 is 27.3 Å². The number of piperidine rings is 1. The van der Waals surface area contributed by atoms with Crippen LogP contribution in [0.3, 0.4) is 0 Å². The molecule has 1 aliphatic rings. The van der Waals surface area contributed by atoms with Crippen LogP contribution in [0.2, 0.25) is 0 Å². The van der Waals surface area contributed by atoms with Gasteiger partial charge in [-0.15, -0.1) is 11.3 Å². The van der Waals surface area contributed by atoms with Gasteiger partial charge in [0.2, 0.25) is 10.0 Å². The molecule has 1 aromatic heterocycles. The Balaban J connectivity index is 1.65. The number of carbonyl (C=O) groups is 1. The molecule has 0 spiro atoms. The van der Waals surface area contributed by atoms with Crippen LogP contribution in [0.15, 0.2) is 34.5 Å². The lowest BCUT2D eigenvalue weighted by Gasteiger charge is -2.26. The van der Waals surface area contributed by atoms with E-state index in [0.717, 1.165) is 30.0 Å². The number of thiazole rings is 1. The summed E-state index contributed by atoms with van der Waals surface area (Å²) in [5, 5.41) is 5.81. The van der Waals surface area contributed by atoms with Gasteiger partial charge in [0.1, 0.15) is 0 Å². The van der Waals surface area contributed by atoms with Gasteiger partial charge in [-0.25, -0.2) is 13.4 Å². The third-order valence-corrected chi connectivity index (χ3v) is 7.10. The lowest BCUT2D eigenvalue weighted by molar-refractivity contribution is 0.0954. The first-order chi connectivity index (χ1) is 12.5. The Hall–Kier alpha value is -1.77. The molecule has 26 heavy (non-hydrogen) atoms. The zero-order valence-electron chi connectivity index (χ0n) is 14.8. The maximum absolute atomic E-state index is 12.8. The summed E-state index contributed by atoms with van der Waals surface area (Å²) in [4.78, 5) is 16.9. The topological polar surface area (TPSA) is 79.4 Å². The van der Waals surface area contributed by atoms with Crippen LogP contribution in [0, 0.1) is 6.92 Å².